The number of ether oxygens (including phenoxy) is 3. The number of imide groups is 1. The third-order valence-electron chi connectivity index (χ3n) is 4.76. The number of carbonyl (C=O) groups excluding carboxylic acids is 3. The van der Waals surface area contributed by atoms with Gasteiger partial charge in [0.2, 0.25) is 5.76 Å². The second-order valence-electron chi connectivity index (χ2n) is 7.13. The van der Waals surface area contributed by atoms with Crippen LogP contribution in [-0.2, 0) is 16.1 Å². The largest absolute Gasteiger partial charge is 0.490 e. The topological polar surface area (TPSA) is 95.3 Å². The lowest BCUT2D eigenvalue weighted by molar-refractivity contribution is -0.123. The predicted octanol–water partition coefficient (Wildman–Crippen LogP) is 5.53. The van der Waals surface area contributed by atoms with Gasteiger partial charge in [0, 0.05) is 0 Å². The Morgan fingerprint density at radius 3 is 2.70 bits per heavy atom. The third kappa shape index (κ3) is 5.72. The molecule has 1 aliphatic heterocycles. The average molecular weight is 494 g/mol. The molecular weight excluding hydrogens is 470 g/mol. The molecular formula is C23H24ClNO7S. The first kappa shape index (κ1) is 24.7. The first-order valence-electron chi connectivity index (χ1n) is 10.3. The molecule has 176 valence electrons. The Kier molecular flexibility index (Phi) is 8.10. The fraction of sp³-hybridized carbons (Fsp3) is 0.348. The van der Waals surface area contributed by atoms with Gasteiger partial charge in [0.15, 0.2) is 11.5 Å². The molecule has 1 atom stereocenters. The number of nitrogens with zero attached hydrogens (tertiary/aromatic N) is 1. The molecule has 2 amide bonds. The van der Waals surface area contributed by atoms with Crippen molar-refractivity contribution in [1.29, 1.82) is 0 Å². The second kappa shape index (κ2) is 10.8. The molecule has 2 heterocycles. The summed E-state index contributed by atoms with van der Waals surface area (Å²) >= 11 is 7.25. The molecule has 1 aromatic carbocycles. The Morgan fingerprint density at radius 2 is 2.03 bits per heavy atom. The van der Waals surface area contributed by atoms with E-state index in [1.807, 2.05) is 20.8 Å². The predicted molar refractivity (Wildman–Crippen MR) is 125 cm³/mol. The van der Waals surface area contributed by atoms with E-state index in [0.29, 0.717) is 28.7 Å². The highest BCUT2D eigenvalue weighted by atomic mass is 35.5. The van der Waals surface area contributed by atoms with Crippen LogP contribution >= 0.6 is 23.4 Å². The van der Waals surface area contributed by atoms with Crippen LogP contribution in [0.25, 0.3) is 6.08 Å². The summed E-state index contributed by atoms with van der Waals surface area (Å²) < 4.78 is 21.5. The van der Waals surface area contributed by atoms with Gasteiger partial charge >= 0.3 is 5.97 Å². The molecule has 1 aliphatic rings. The third-order valence-corrected chi connectivity index (χ3v) is 5.95. The van der Waals surface area contributed by atoms with Crippen molar-refractivity contribution in [3.05, 3.63) is 51.3 Å². The molecule has 0 aliphatic carbocycles. The molecule has 0 saturated carbocycles. The van der Waals surface area contributed by atoms with Crippen LogP contribution in [0.1, 0.15) is 49.1 Å². The van der Waals surface area contributed by atoms with E-state index < -0.39 is 17.1 Å². The number of rotatable bonds is 9. The molecule has 1 aromatic heterocycles. The van der Waals surface area contributed by atoms with Crippen molar-refractivity contribution in [2.24, 2.45) is 0 Å². The van der Waals surface area contributed by atoms with Crippen molar-refractivity contribution in [2.75, 3.05) is 13.7 Å². The second-order valence-corrected chi connectivity index (χ2v) is 8.53. The smallest absolute Gasteiger partial charge is 0.373 e. The van der Waals surface area contributed by atoms with Crippen molar-refractivity contribution in [3.8, 4) is 11.5 Å². The summed E-state index contributed by atoms with van der Waals surface area (Å²) in [5, 5.41) is -0.104. The number of esters is 1. The van der Waals surface area contributed by atoms with E-state index in [4.69, 9.17) is 25.5 Å². The zero-order chi connectivity index (χ0) is 24.1. The van der Waals surface area contributed by atoms with Gasteiger partial charge in [0.1, 0.15) is 5.76 Å². The Bertz CT molecular complexity index is 1090. The molecule has 8 nitrogen and oxygen atoms in total. The van der Waals surface area contributed by atoms with Gasteiger partial charge in [0.25, 0.3) is 11.1 Å². The van der Waals surface area contributed by atoms with Gasteiger partial charge in [-0.2, -0.15) is 0 Å². The van der Waals surface area contributed by atoms with E-state index in [2.05, 4.69) is 4.74 Å². The first-order chi connectivity index (χ1) is 15.8. The van der Waals surface area contributed by atoms with Gasteiger partial charge in [0.05, 0.1) is 36.3 Å². The number of benzene rings is 1. The van der Waals surface area contributed by atoms with Gasteiger partial charge < -0.3 is 18.6 Å². The zero-order valence-corrected chi connectivity index (χ0v) is 20.2. The number of furan rings is 1. The van der Waals surface area contributed by atoms with E-state index in [0.717, 1.165) is 23.1 Å². The van der Waals surface area contributed by atoms with Crippen molar-refractivity contribution < 1.29 is 33.0 Å². The van der Waals surface area contributed by atoms with Crippen molar-refractivity contribution >= 4 is 46.6 Å². The summed E-state index contributed by atoms with van der Waals surface area (Å²) in [7, 11) is 1.23. The van der Waals surface area contributed by atoms with Crippen molar-refractivity contribution in [2.45, 2.75) is 39.8 Å². The minimum atomic E-state index is -0.641. The molecule has 3 rings (SSSR count). The maximum atomic E-state index is 12.9. The summed E-state index contributed by atoms with van der Waals surface area (Å²) in [6, 6.07) is 6.32. The lowest BCUT2D eigenvalue weighted by Gasteiger charge is -2.18. The summed E-state index contributed by atoms with van der Waals surface area (Å²) in [5.41, 5.74) is 0.594. The minimum absolute atomic E-state index is 0.00666. The molecule has 1 saturated heterocycles. The number of thioether (sulfide) groups is 1. The fourth-order valence-corrected chi connectivity index (χ4v) is 4.05. The number of hydrogen-bond donors (Lipinski definition) is 0. The van der Waals surface area contributed by atoms with E-state index in [1.165, 1.54) is 19.2 Å². The Labute approximate surface area is 200 Å². The molecule has 10 heteroatoms. The normalized spacial score (nSPS) is 15.8. The van der Waals surface area contributed by atoms with Crippen LogP contribution in [0.15, 0.2) is 33.6 Å². The van der Waals surface area contributed by atoms with Crippen LogP contribution in [0.3, 0.4) is 0 Å². The standard InChI is InChI=1S/C23H24ClNO7S/c1-5-13(3)31-20-16(24)9-14(10-18(20)30-6-2)11-19-21(26)25(23(28)33-19)12-15-7-8-17(32-15)22(27)29-4/h7-11,13H,5-6,12H2,1-4H3. The highest BCUT2D eigenvalue weighted by Crippen LogP contribution is 2.40. The van der Waals surface area contributed by atoms with Crippen LogP contribution in [0.5, 0.6) is 11.5 Å². The van der Waals surface area contributed by atoms with Gasteiger partial charge in [-0.3, -0.25) is 14.5 Å². The maximum absolute atomic E-state index is 12.9. The van der Waals surface area contributed by atoms with E-state index in [9.17, 15) is 14.4 Å². The van der Waals surface area contributed by atoms with Crippen molar-refractivity contribution in [3.63, 3.8) is 0 Å². The fourth-order valence-electron chi connectivity index (χ4n) is 2.95. The molecule has 33 heavy (non-hydrogen) atoms. The number of methoxy groups -OCH3 is 1. The van der Waals surface area contributed by atoms with E-state index >= 15 is 0 Å². The molecule has 0 bridgehead atoms. The molecule has 0 radical (unpaired) electrons. The van der Waals surface area contributed by atoms with Crippen LogP contribution in [0.4, 0.5) is 4.79 Å². The van der Waals surface area contributed by atoms with Crippen molar-refractivity contribution in [1.82, 2.24) is 4.90 Å². The van der Waals surface area contributed by atoms with Gasteiger partial charge in [-0.1, -0.05) is 18.5 Å². The monoisotopic (exact) mass is 493 g/mol. The van der Waals surface area contributed by atoms with E-state index in [-0.39, 0.29) is 29.1 Å². The molecule has 1 fully saturated rings. The highest BCUT2D eigenvalue weighted by Gasteiger charge is 2.36. The Hall–Kier alpha value is -2.91. The number of carbonyl (C=O) groups is 3. The van der Waals surface area contributed by atoms with Gasteiger partial charge in [-0.25, -0.2) is 4.79 Å². The summed E-state index contributed by atoms with van der Waals surface area (Å²) in [5.74, 6) is 0.0621. The summed E-state index contributed by atoms with van der Waals surface area (Å²) in [4.78, 5) is 38.1. The average Bonchev–Trinajstić information content (AvgIpc) is 3.36. The number of amides is 2. The van der Waals surface area contributed by atoms with E-state index in [1.54, 1.807) is 18.2 Å². The quantitative estimate of drug-likeness (QED) is 0.332. The lowest BCUT2D eigenvalue weighted by Crippen LogP contribution is -2.27. The summed E-state index contributed by atoms with van der Waals surface area (Å²) in [6.45, 7) is 6.08. The first-order valence-corrected chi connectivity index (χ1v) is 11.5. The van der Waals surface area contributed by atoms with Crippen LogP contribution in [0, 0.1) is 0 Å². The number of hydrogen-bond acceptors (Lipinski definition) is 8. The minimum Gasteiger partial charge on any atom is -0.490 e. The van der Waals surface area contributed by atoms with Gasteiger partial charge in [-0.15, -0.1) is 0 Å². The zero-order valence-electron chi connectivity index (χ0n) is 18.7. The van der Waals surface area contributed by atoms with Crippen LogP contribution < -0.4 is 9.47 Å². The Balaban J connectivity index is 1.83. The maximum Gasteiger partial charge on any atom is 0.373 e. The van der Waals surface area contributed by atoms with Gasteiger partial charge in [-0.05, 0) is 67.9 Å². The Morgan fingerprint density at radius 1 is 1.27 bits per heavy atom. The molecule has 2 aromatic rings. The summed E-state index contributed by atoms with van der Waals surface area (Å²) in [6.07, 6.45) is 2.33. The lowest BCUT2D eigenvalue weighted by atomic mass is 10.1. The molecule has 0 N–H and O–H groups in total. The SMILES string of the molecule is CCOc1cc(C=C2SC(=O)N(Cc3ccc(C(=O)OC)o3)C2=O)cc(Cl)c1OC(C)CC. The van der Waals surface area contributed by atoms with Crippen LogP contribution in [0.2, 0.25) is 5.02 Å². The molecule has 0 spiro atoms. The highest BCUT2D eigenvalue weighted by molar-refractivity contribution is 8.18. The number of halogens is 1. The van der Waals surface area contributed by atoms with Crippen LogP contribution in [-0.4, -0.2) is 41.8 Å². The molecule has 1 unspecified atom stereocenters.